The monoisotopic (exact) mass is 372 g/mol. The lowest BCUT2D eigenvalue weighted by Crippen LogP contribution is -1.90. The van der Waals surface area contributed by atoms with Crippen molar-refractivity contribution >= 4 is 29.3 Å². The minimum Gasteiger partial charge on any atom is -0.295 e. The van der Waals surface area contributed by atoms with Crippen molar-refractivity contribution in [1.82, 2.24) is 0 Å². The van der Waals surface area contributed by atoms with E-state index in [1.807, 2.05) is 36.0 Å². The predicted molar refractivity (Wildman–Crippen MR) is 111 cm³/mol. The Hall–Kier alpha value is -1.19. The van der Waals surface area contributed by atoms with Crippen molar-refractivity contribution in [2.75, 3.05) is 5.75 Å². The predicted octanol–water partition coefficient (Wildman–Crippen LogP) is 7.49. The molecule has 0 fully saturated rings. The van der Waals surface area contributed by atoms with E-state index in [4.69, 9.17) is 0 Å². The Bertz CT molecular complexity index is 632. The molecule has 0 spiro atoms. The molecule has 0 unspecified atom stereocenters. The van der Waals surface area contributed by atoms with E-state index in [9.17, 15) is 4.79 Å². The Labute approximate surface area is 161 Å². The number of hydrogen-bond donors (Lipinski definition) is 0. The van der Waals surface area contributed by atoms with Crippen LogP contribution in [-0.2, 0) is 0 Å². The summed E-state index contributed by atoms with van der Waals surface area (Å²) < 4.78 is 0. The van der Waals surface area contributed by atoms with Crippen LogP contribution in [0.2, 0.25) is 0 Å². The zero-order chi connectivity index (χ0) is 17.9. The zero-order valence-electron chi connectivity index (χ0n) is 15.3. The second kappa shape index (κ2) is 11.4. The average molecular weight is 373 g/mol. The second-order valence-corrected chi connectivity index (χ2v) is 8.59. The van der Waals surface area contributed by atoms with Crippen LogP contribution in [0.3, 0.4) is 0 Å². The molecule has 0 saturated heterocycles. The van der Waals surface area contributed by atoms with Gasteiger partial charge in [0.2, 0.25) is 0 Å². The van der Waals surface area contributed by atoms with Crippen molar-refractivity contribution in [3.8, 4) is 0 Å². The summed E-state index contributed by atoms with van der Waals surface area (Å²) in [6, 6.07) is 16.6. The third-order valence-corrected chi connectivity index (χ3v) is 6.20. The van der Waals surface area contributed by atoms with E-state index in [0.29, 0.717) is 0 Å². The van der Waals surface area contributed by atoms with Gasteiger partial charge in [-0.05, 0) is 55.5 Å². The topological polar surface area (TPSA) is 17.1 Å². The summed E-state index contributed by atoms with van der Waals surface area (Å²) in [7, 11) is 0. The maximum Gasteiger partial charge on any atom is 0.159 e. The molecule has 0 aliphatic carbocycles. The summed E-state index contributed by atoms with van der Waals surface area (Å²) in [5, 5.41) is 0. The highest BCUT2D eigenvalue weighted by atomic mass is 32.2. The molecule has 0 atom stereocenters. The van der Waals surface area contributed by atoms with Gasteiger partial charge in [-0.1, -0.05) is 62.9 Å². The number of rotatable bonds is 11. The summed E-state index contributed by atoms with van der Waals surface area (Å²) >= 11 is 3.69. The molecule has 2 aromatic carbocycles. The summed E-state index contributed by atoms with van der Waals surface area (Å²) in [5.74, 6) is 1.33. The van der Waals surface area contributed by atoms with Crippen LogP contribution in [0.25, 0.3) is 0 Å². The lowest BCUT2D eigenvalue weighted by Gasteiger charge is -2.05. The van der Waals surface area contributed by atoms with Crippen molar-refractivity contribution in [3.63, 3.8) is 0 Å². The third-order valence-electron chi connectivity index (χ3n) is 4.09. The first-order chi connectivity index (χ1) is 12.2. The Morgan fingerprint density at radius 3 is 1.88 bits per heavy atom. The first kappa shape index (κ1) is 20.1. The van der Waals surface area contributed by atoms with E-state index in [1.165, 1.54) is 54.1 Å². The van der Waals surface area contributed by atoms with Crippen LogP contribution in [0, 0.1) is 0 Å². The van der Waals surface area contributed by atoms with Gasteiger partial charge < -0.3 is 0 Å². The molecule has 0 radical (unpaired) electrons. The van der Waals surface area contributed by atoms with Crippen LogP contribution >= 0.6 is 23.5 Å². The largest absolute Gasteiger partial charge is 0.295 e. The molecule has 2 rings (SSSR count). The highest BCUT2D eigenvalue weighted by Crippen LogP contribution is 2.30. The van der Waals surface area contributed by atoms with Gasteiger partial charge in [0.15, 0.2) is 5.78 Å². The van der Waals surface area contributed by atoms with Gasteiger partial charge in [0.05, 0.1) is 0 Å². The van der Waals surface area contributed by atoms with E-state index in [-0.39, 0.29) is 5.78 Å². The number of benzene rings is 2. The SMILES string of the molecule is CCCCCCCCSc1ccc(Sc2ccc(C(C)=O)cc2)cc1. The molecule has 0 saturated carbocycles. The molecule has 0 aromatic heterocycles. The van der Waals surface area contributed by atoms with E-state index in [0.717, 1.165) is 10.5 Å². The Morgan fingerprint density at radius 2 is 1.28 bits per heavy atom. The van der Waals surface area contributed by atoms with E-state index in [1.54, 1.807) is 18.7 Å². The minimum absolute atomic E-state index is 0.114. The molecule has 0 N–H and O–H groups in total. The van der Waals surface area contributed by atoms with Crippen molar-refractivity contribution < 1.29 is 4.79 Å². The number of thioether (sulfide) groups is 1. The van der Waals surface area contributed by atoms with Crippen LogP contribution < -0.4 is 0 Å². The van der Waals surface area contributed by atoms with Gasteiger partial charge in [0.1, 0.15) is 0 Å². The van der Waals surface area contributed by atoms with Gasteiger partial charge in [-0.3, -0.25) is 4.79 Å². The molecule has 0 aliphatic rings. The minimum atomic E-state index is 0.114. The maximum atomic E-state index is 11.3. The van der Waals surface area contributed by atoms with Crippen LogP contribution in [0.4, 0.5) is 0 Å². The Balaban J connectivity index is 1.73. The zero-order valence-corrected chi connectivity index (χ0v) is 16.9. The number of ketones is 1. The molecular formula is C22H28OS2. The molecule has 2 aromatic rings. The van der Waals surface area contributed by atoms with Gasteiger partial charge in [-0.2, -0.15) is 0 Å². The van der Waals surface area contributed by atoms with Gasteiger partial charge in [-0.15, -0.1) is 11.8 Å². The van der Waals surface area contributed by atoms with Gasteiger partial charge in [-0.25, -0.2) is 0 Å². The molecule has 25 heavy (non-hydrogen) atoms. The summed E-state index contributed by atoms with van der Waals surface area (Å²) in [5.41, 5.74) is 0.769. The number of carbonyl (C=O) groups excluding carboxylic acids is 1. The number of hydrogen-bond acceptors (Lipinski definition) is 3. The van der Waals surface area contributed by atoms with Crippen molar-refractivity contribution in [1.29, 1.82) is 0 Å². The van der Waals surface area contributed by atoms with E-state index >= 15 is 0 Å². The molecule has 0 aliphatic heterocycles. The lowest BCUT2D eigenvalue weighted by atomic mass is 10.1. The summed E-state index contributed by atoms with van der Waals surface area (Å²) in [6.45, 7) is 3.86. The summed E-state index contributed by atoms with van der Waals surface area (Å²) in [6.07, 6.45) is 8.14. The third kappa shape index (κ3) is 7.70. The molecule has 0 amide bonds. The quantitative estimate of drug-likeness (QED) is 0.231. The molecule has 0 heterocycles. The normalized spacial score (nSPS) is 10.8. The van der Waals surface area contributed by atoms with Crippen molar-refractivity contribution in [2.45, 2.75) is 67.1 Å². The second-order valence-electron chi connectivity index (χ2n) is 6.27. The van der Waals surface area contributed by atoms with Crippen LogP contribution in [0.1, 0.15) is 62.7 Å². The highest BCUT2D eigenvalue weighted by Gasteiger charge is 2.02. The molecule has 1 nitrogen and oxygen atoms in total. The molecular weight excluding hydrogens is 344 g/mol. The summed E-state index contributed by atoms with van der Waals surface area (Å²) in [4.78, 5) is 15.1. The van der Waals surface area contributed by atoms with Crippen molar-refractivity contribution in [3.05, 3.63) is 54.1 Å². The van der Waals surface area contributed by atoms with Crippen LogP contribution in [0.15, 0.2) is 63.2 Å². The van der Waals surface area contributed by atoms with Gasteiger partial charge >= 0.3 is 0 Å². The van der Waals surface area contributed by atoms with Crippen LogP contribution in [0.5, 0.6) is 0 Å². The Kier molecular flexibility index (Phi) is 9.20. The number of Topliss-reactive ketones (excluding diaryl/α,β-unsaturated/α-hetero) is 1. The fraction of sp³-hybridized carbons (Fsp3) is 0.409. The number of carbonyl (C=O) groups is 1. The van der Waals surface area contributed by atoms with E-state index in [2.05, 4.69) is 31.2 Å². The number of unbranched alkanes of at least 4 members (excludes halogenated alkanes) is 5. The first-order valence-electron chi connectivity index (χ1n) is 9.21. The maximum absolute atomic E-state index is 11.3. The Morgan fingerprint density at radius 1 is 0.760 bits per heavy atom. The van der Waals surface area contributed by atoms with Gasteiger partial charge in [0.25, 0.3) is 0 Å². The fourth-order valence-corrected chi connectivity index (χ4v) is 4.30. The smallest absolute Gasteiger partial charge is 0.159 e. The van der Waals surface area contributed by atoms with Crippen molar-refractivity contribution in [2.24, 2.45) is 0 Å². The molecule has 0 bridgehead atoms. The fourth-order valence-electron chi connectivity index (χ4n) is 2.57. The molecule has 134 valence electrons. The van der Waals surface area contributed by atoms with E-state index < -0.39 is 0 Å². The van der Waals surface area contributed by atoms with Crippen LogP contribution in [-0.4, -0.2) is 11.5 Å². The highest BCUT2D eigenvalue weighted by molar-refractivity contribution is 7.99. The first-order valence-corrected chi connectivity index (χ1v) is 11.0. The average Bonchev–Trinajstić information content (AvgIpc) is 2.63. The van der Waals surface area contributed by atoms with Gasteiger partial charge in [0, 0.05) is 20.2 Å². The molecule has 3 heteroatoms. The standard InChI is InChI=1S/C22H28OS2/c1-3-4-5-6-7-8-17-24-20-13-15-22(16-14-20)25-21-11-9-19(10-12-21)18(2)23/h9-16H,3-8,17H2,1-2H3. The lowest BCUT2D eigenvalue weighted by molar-refractivity contribution is 0.101.